The Balaban J connectivity index is 0.668. The van der Waals surface area contributed by atoms with Gasteiger partial charge in [-0.25, -0.2) is 4.79 Å². The summed E-state index contributed by atoms with van der Waals surface area (Å²) in [6.07, 6.45) is 11.9. The molecule has 7 aliphatic carbocycles. The van der Waals surface area contributed by atoms with Crippen molar-refractivity contribution in [2.75, 3.05) is 43.0 Å². The van der Waals surface area contributed by atoms with Crippen molar-refractivity contribution in [3.63, 3.8) is 0 Å². The number of aliphatic hydroxyl groups excluding tert-OH is 2. The summed E-state index contributed by atoms with van der Waals surface area (Å²) in [5, 5.41) is 42.3. The summed E-state index contributed by atoms with van der Waals surface area (Å²) in [4.78, 5) is 115. The van der Waals surface area contributed by atoms with Gasteiger partial charge in [-0.1, -0.05) is 49.8 Å². The number of rotatable bonds is 19. The van der Waals surface area contributed by atoms with Crippen LogP contribution >= 0.6 is 0 Å². The molecule has 2 aliphatic heterocycles. The molecule has 0 radical (unpaired) electrons. The summed E-state index contributed by atoms with van der Waals surface area (Å²) in [6.45, 7) is 4.28. The number of ether oxygens (including phenoxy) is 1. The molecule has 0 aromatic heterocycles. The quantitative estimate of drug-likeness (QED) is 0.0990. The van der Waals surface area contributed by atoms with E-state index in [9.17, 15) is 58.5 Å². The molecule has 6 saturated carbocycles. The summed E-state index contributed by atoms with van der Waals surface area (Å²) >= 11 is 0. The number of carbonyl (C=O) groups is 9. The number of hydrogen-bond acceptors (Lipinski definition) is 13. The van der Waals surface area contributed by atoms with E-state index in [2.05, 4.69) is 64.3 Å². The fourth-order valence-electron chi connectivity index (χ4n) is 15.5. The predicted molar refractivity (Wildman–Crippen MR) is 273 cm³/mol. The van der Waals surface area contributed by atoms with Crippen molar-refractivity contribution < 1.29 is 63.2 Å². The van der Waals surface area contributed by atoms with E-state index in [0.717, 1.165) is 73.3 Å². The zero-order valence-corrected chi connectivity index (χ0v) is 42.8. The van der Waals surface area contributed by atoms with Crippen molar-refractivity contribution in [2.45, 2.75) is 109 Å². The second-order valence-corrected chi connectivity index (χ2v) is 23.4. The second-order valence-electron chi connectivity index (χ2n) is 23.4. The topological polar surface area (TPSA) is 278 Å². The Kier molecular flexibility index (Phi) is 13.7. The van der Waals surface area contributed by atoms with Gasteiger partial charge in [-0.2, -0.15) is 0 Å². The summed E-state index contributed by atoms with van der Waals surface area (Å²) < 4.78 is 5.56. The summed E-state index contributed by atoms with van der Waals surface area (Å²) in [6, 6.07) is 13.8. The Morgan fingerprint density at radius 2 is 1.58 bits per heavy atom. The number of hydrogen-bond donors (Lipinski definition) is 7. The largest absolute Gasteiger partial charge is 0.481 e. The maximum Gasteiger partial charge on any atom is 0.407 e. The number of ketones is 2. The molecule has 2 aromatic carbocycles. The molecule has 2 aromatic rings. The standard InChI is InChI=1S/C57H66N6O13/c1-53-19-17-39(65)21-35(53)7-12-40-41-22-36-26-62(32-57(36,44(67)27-64)54(41,2)24-43(66)50(40)53)38-10-5-33(6-11-38)23-55-29-56(30-55,31-55)61-52(75)76-28-34-3-8-37(9-4-34)59-51(74)42(13-16-49(72)73)60-46(69)25-58-45(68)18-20-63-47(70)14-15-48(63)71/h3-6,8-11,14-15,17,19,21,36,40-43,50,64,66H,7,12-13,16,18,20,22-32H2,1-2H3,(H,58,68)(H,59,74)(H,60,69)(H,61,75)(H,72,73)/t36-,40-,41-,42-,43-,50+,53-,54-,55?,56?,57+/m0/s1. The van der Waals surface area contributed by atoms with Gasteiger partial charge < -0.3 is 46.2 Å². The highest BCUT2D eigenvalue weighted by Gasteiger charge is 2.73. The van der Waals surface area contributed by atoms with Crippen molar-refractivity contribution >= 4 is 64.5 Å². The summed E-state index contributed by atoms with van der Waals surface area (Å²) in [5.74, 6) is -4.03. The SMILES string of the molecule is C[C@]12C=CC(=O)C=C1CC[C@@H]1[C@@H]2[C@@H](O)C[C@@]2(C)[C@H]1C[C@H]1CN(c3ccc(CC45CC(NC(=O)OCc6ccc(NC(=O)[C@H](CCC(=O)O)NC(=O)CNC(=O)CCN7C(=O)C=CC7=O)cc6)(C4)C5)cc3)C[C@]12C(=O)CO. The molecule has 2 heterocycles. The number of benzene rings is 2. The van der Waals surface area contributed by atoms with Gasteiger partial charge in [0.05, 0.1) is 18.1 Å². The van der Waals surface area contributed by atoms with E-state index in [0.29, 0.717) is 30.8 Å². The first kappa shape index (κ1) is 52.5. The molecule has 19 nitrogen and oxygen atoms in total. The number of allylic oxidation sites excluding steroid dienone is 4. The van der Waals surface area contributed by atoms with Crippen LogP contribution in [0.5, 0.6) is 0 Å². The van der Waals surface area contributed by atoms with Gasteiger partial charge in [-0.05, 0) is 134 Å². The number of Topliss-reactive ketones (excluding diaryl/α,β-unsaturated/α-hetero) is 1. The molecule has 11 rings (SSSR count). The van der Waals surface area contributed by atoms with Crippen LogP contribution in [0.4, 0.5) is 16.2 Å². The molecule has 76 heavy (non-hydrogen) atoms. The second kappa shape index (κ2) is 19.9. The predicted octanol–water partition coefficient (Wildman–Crippen LogP) is 3.67. The fraction of sp³-hybridized carbons (Fsp3) is 0.526. The maximum atomic E-state index is 14.2. The Bertz CT molecular complexity index is 2820. The van der Waals surface area contributed by atoms with Gasteiger partial charge in [-0.3, -0.25) is 43.3 Å². The molecule has 0 spiro atoms. The van der Waals surface area contributed by atoms with E-state index < -0.39 is 89.6 Å². The van der Waals surface area contributed by atoms with E-state index in [1.165, 1.54) is 5.56 Å². The van der Waals surface area contributed by atoms with E-state index in [1.54, 1.807) is 36.4 Å². The van der Waals surface area contributed by atoms with E-state index >= 15 is 0 Å². The lowest BCUT2D eigenvalue weighted by molar-refractivity contribution is -0.157. The molecule has 7 N–H and O–H groups in total. The molecular weight excluding hydrogens is 977 g/mol. The normalized spacial score (nSPS) is 32.6. The lowest BCUT2D eigenvalue weighted by Crippen LogP contribution is -2.75. The number of aliphatic hydroxyl groups is 2. The number of fused-ring (bicyclic) bond motifs is 7. The molecule has 9 atom stereocenters. The lowest BCUT2D eigenvalue weighted by Gasteiger charge is -2.70. The van der Waals surface area contributed by atoms with Crippen LogP contribution in [0, 0.1) is 45.3 Å². The van der Waals surface area contributed by atoms with Crippen LogP contribution in [0.2, 0.25) is 0 Å². The highest BCUT2D eigenvalue weighted by Crippen LogP contribution is 2.73. The van der Waals surface area contributed by atoms with Gasteiger partial charge in [-0.15, -0.1) is 0 Å². The number of imide groups is 1. The van der Waals surface area contributed by atoms with Gasteiger partial charge in [0.1, 0.15) is 19.3 Å². The highest BCUT2D eigenvalue weighted by molar-refractivity contribution is 6.13. The van der Waals surface area contributed by atoms with Crippen LogP contribution in [0.1, 0.15) is 89.2 Å². The van der Waals surface area contributed by atoms with E-state index in [4.69, 9.17) is 4.74 Å². The van der Waals surface area contributed by atoms with Gasteiger partial charge in [0.2, 0.25) is 17.7 Å². The van der Waals surface area contributed by atoms with Gasteiger partial charge in [0.15, 0.2) is 11.6 Å². The minimum absolute atomic E-state index is 0.00175. The number of carboxylic acid groups (broad SMARTS) is 1. The number of carboxylic acids is 1. The Labute approximate surface area is 439 Å². The zero-order valence-electron chi connectivity index (χ0n) is 42.8. The average molecular weight is 1040 g/mol. The van der Waals surface area contributed by atoms with E-state index in [-0.39, 0.29) is 72.2 Å². The van der Waals surface area contributed by atoms with Crippen LogP contribution < -0.4 is 26.2 Å². The van der Waals surface area contributed by atoms with Crippen LogP contribution in [-0.4, -0.2) is 124 Å². The monoisotopic (exact) mass is 1040 g/mol. The molecule has 2 bridgehead atoms. The molecule has 19 heteroatoms. The Hall–Kier alpha value is -6.99. The molecule has 9 aliphatic rings. The molecule has 0 unspecified atom stereocenters. The van der Waals surface area contributed by atoms with Crippen molar-refractivity contribution in [1.82, 2.24) is 20.9 Å². The van der Waals surface area contributed by atoms with Gasteiger partial charge >= 0.3 is 12.1 Å². The minimum Gasteiger partial charge on any atom is -0.481 e. The summed E-state index contributed by atoms with van der Waals surface area (Å²) in [7, 11) is 0. The van der Waals surface area contributed by atoms with Crippen LogP contribution in [0.25, 0.3) is 0 Å². The van der Waals surface area contributed by atoms with Crippen molar-refractivity contribution in [3.05, 3.63) is 95.6 Å². The number of anilines is 2. The lowest BCUT2D eigenvalue weighted by atomic mass is 9.38. The number of aliphatic carboxylic acids is 1. The molecular formula is C57H66N6O13. The van der Waals surface area contributed by atoms with Crippen LogP contribution in [-0.2, 0) is 56.1 Å². The summed E-state index contributed by atoms with van der Waals surface area (Å²) in [5.41, 5.74) is 2.39. The molecule has 402 valence electrons. The van der Waals surface area contributed by atoms with Crippen LogP contribution in [0.15, 0.2) is 84.5 Å². The first-order valence-electron chi connectivity index (χ1n) is 26.4. The van der Waals surface area contributed by atoms with Crippen molar-refractivity contribution in [3.8, 4) is 0 Å². The van der Waals surface area contributed by atoms with Crippen LogP contribution in [0.3, 0.4) is 0 Å². The molecule has 6 amide bonds. The molecule has 1 saturated heterocycles. The first-order valence-corrected chi connectivity index (χ1v) is 26.4. The number of carbonyl (C=O) groups excluding carboxylic acids is 8. The third kappa shape index (κ3) is 9.43. The fourth-order valence-corrected chi connectivity index (χ4v) is 15.5. The smallest absolute Gasteiger partial charge is 0.407 e. The van der Waals surface area contributed by atoms with Gasteiger partial charge in [0.25, 0.3) is 11.8 Å². The average Bonchev–Trinajstić information content (AvgIpc) is 4.17. The van der Waals surface area contributed by atoms with Gasteiger partial charge in [0, 0.05) is 72.9 Å². The van der Waals surface area contributed by atoms with E-state index in [1.807, 2.05) is 6.08 Å². The molecule has 7 fully saturated rings. The number of nitrogens with zero attached hydrogens (tertiary/aromatic N) is 2. The number of nitrogens with one attached hydrogen (secondary N) is 4. The van der Waals surface area contributed by atoms with Crippen molar-refractivity contribution in [2.24, 2.45) is 45.3 Å². The number of alkyl carbamates (subject to hydrolysis) is 1. The Morgan fingerprint density at radius 1 is 0.882 bits per heavy atom. The maximum absolute atomic E-state index is 14.2. The third-order valence-electron chi connectivity index (χ3n) is 18.8. The zero-order chi connectivity index (χ0) is 54.0. The third-order valence-corrected chi connectivity index (χ3v) is 18.8. The first-order chi connectivity index (χ1) is 36.2. The number of amides is 6. The van der Waals surface area contributed by atoms with Crippen molar-refractivity contribution in [1.29, 1.82) is 0 Å². The highest BCUT2D eigenvalue weighted by atomic mass is 16.5. The minimum atomic E-state index is -1.25. The Morgan fingerprint density at radius 3 is 2.26 bits per heavy atom.